The third kappa shape index (κ3) is 12.2. The molecule has 21 heavy (non-hydrogen) atoms. The Morgan fingerprint density at radius 3 is 0.667 bits per heavy atom. The van der Waals surface area contributed by atoms with Crippen LogP contribution in [0.25, 0.3) is 0 Å². The maximum Gasteiger partial charge on any atom is -0.0163 e. The van der Waals surface area contributed by atoms with Crippen molar-refractivity contribution in [3.63, 3.8) is 0 Å². The van der Waals surface area contributed by atoms with Gasteiger partial charge in [-0.15, -0.1) is 0 Å². The molecular formula is C21H22. The molecule has 0 aromatic rings. The molecule has 0 aliphatic heterocycles. The number of hydrogen-bond donors (Lipinski definition) is 0. The Labute approximate surface area is 128 Å². The maximum atomic E-state index is 2.12. The van der Waals surface area contributed by atoms with Crippen molar-refractivity contribution in [2.75, 3.05) is 0 Å². The average molecular weight is 274 g/mol. The molecule has 1 aliphatic carbocycles. The summed E-state index contributed by atoms with van der Waals surface area (Å²) in [6.07, 6.45) is 41.5. The van der Waals surface area contributed by atoms with Gasteiger partial charge in [0.1, 0.15) is 0 Å². The van der Waals surface area contributed by atoms with Crippen LogP contribution in [0.15, 0.2) is 122 Å². The van der Waals surface area contributed by atoms with Crippen molar-refractivity contribution in [3.05, 3.63) is 122 Å². The van der Waals surface area contributed by atoms with Gasteiger partial charge in [-0.05, 0) is 6.42 Å². The van der Waals surface area contributed by atoms with Gasteiger partial charge in [0.05, 0.1) is 0 Å². The van der Waals surface area contributed by atoms with Crippen LogP contribution in [0.3, 0.4) is 0 Å². The fourth-order valence-electron chi connectivity index (χ4n) is 1.42. The molecule has 0 atom stereocenters. The van der Waals surface area contributed by atoms with Crippen molar-refractivity contribution in [2.45, 2.75) is 6.42 Å². The van der Waals surface area contributed by atoms with Crippen LogP contribution in [-0.4, -0.2) is 0 Å². The monoisotopic (exact) mass is 274 g/mol. The Kier molecular flexibility index (Phi) is 10.8. The van der Waals surface area contributed by atoms with Crippen LogP contribution in [0.1, 0.15) is 6.42 Å². The SMILES string of the molecule is C1=CC=CC=CC=CC=CCC=CC=CC=CC=CC=C1. The Balaban J connectivity index is 2.63. The van der Waals surface area contributed by atoms with Gasteiger partial charge in [-0.3, -0.25) is 0 Å². The van der Waals surface area contributed by atoms with E-state index in [9.17, 15) is 0 Å². The van der Waals surface area contributed by atoms with Crippen LogP contribution in [0.2, 0.25) is 0 Å². The van der Waals surface area contributed by atoms with Gasteiger partial charge in [0.2, 0.25) is 0 Å². The fourth-order valence-corrected chi connectivity index (χ4v) is 1.42. The van der Waals surface area contributed by atoms with Gasteiger partial charge in [0.25, 0.3) is 0 Å². The van der Waals surface area contributed by atoms with Crippen LogP contribution in [0.4, 0.5) is 0 Å². The van der Waals surface area contributed by atoms with Crippen LogP contribution in [0, 0.1) is 0 Å². The van der Waals surface area contributed by atoms with Crippen molar-refractivity contribution in [1.29, 1.82) is 0 Å². The molecule has 0 amide bonds. The molecule has 0 fully saturated rings. The van der Waals surface area contributed by atoms with Crippen molar-refractivity contribution < 1.29 is 0 Å². The minimum absolute atomic E-state index is 0.942. The number of hydrogen-bond acceptors (Lipinski definition) is 0. The van der Waals surface area contributed by atoms with Crippen molar-refractivity contribution in [1.82, 2.24) is 0 Å². The van der Waals surface area contributed by atoms with E-state index in [1.165, 1.54) is 0 Å². The molecule has 0 spiro atoms. The van der Waals surface area contributed by atoms with E-state index in [0.29, 0.717) is 0 Å². The molecule has 0 unspecified atom stereocenters. The number of rotatable bonds is 0. The minimum atomic E-state index is 0.942. The van der Waals surface area contributed by atoms with E-state index < -0.39 is 0 Å². The molecule has 0 aromatic heterocycles. The second-order valence-corrected chi connectivity index (χ2v) is 4.17. The highest BCUT2D eigenvalue weighted by Gasteiger charge is 1.69. The smallest absolute Gasteiger partial charge is 0.0163 e. The summed E-state index contributed by atoms with van der Waals surface area (Å²) in [7, 11) is 0. The highest BCUT2D eigenvalue weighted by atomic mass is 13.8. The lowest BCUT2D eigenvalue weighted by atomic mass is 10.3. The van der Waals surface area contributed by atoms with Gasteiger partial charge in [-0.2, -0.15) is 0 Å². The molecule has 0 heterocycles. The zero-order valence-electron chi connectivity index (χ0n) is 12.3. The normalized spacial score (nSPS) is 16.4. The molecule has 0 saturated heterocycles. The van der Waals surface area contributed by atoms with Crippen LogP contribution in [-0.2, 0) is 0 Å². The highest BCUT2D eigenvalue weighted by molar-refractivity contribution is 5.22. The molecule has 0 radical (unpaired) electrons. The Hall–Kier alpha value is -2.60. The second kappa shape index (κ2) is 13.8. The average Bonchev–Trinajstić information content (AvgIpc) is 2.50. The lowest BCUT2D eigenvalue weighted by molar-refractivity contribution is 1.39. The predicted octanol–water partition coefficient (Wildman–Crippen LogP) is 5.95. The Morgan fingerprint density at radius 1 is 0.238 bits per heavy atom. The van der Waals surface area contributed by atoms with Gasteiger partial charge >= 0.3 is 0 Å². The van der Waals surface area contributed by atoms with Crippen molar-refractivity contribution >= 4 is 0 Å². The first kappa shape index (κ1) is 16.5. The van der Waals surface area contributed by atoms with E-state index in [4.69, 9.17) is 0 Å². The largest absolute Gasteiger partial charge is 0.0807 e. The first-order valence-electron chi connectivity index (χ1n) is 7.15. The standard InChI is InChI=1S/C21H22/c1-2-4-6-8-10-12-14-16-18-20-21-19-17-15-13-11-9-7-5-3-1/h1-20H,21H2. The minimum Gasteiger partial charge on any atom is -0.0807 e. The summed E-state index contributed by atoms with van der Waals surface area (Å²) in [4.78, 5) is 0. The highest BCUT2D eigenvalue weighted by Crippen LogP contribution is 1.90. The predicted molar refractivity (Wildman–Crippen MR) is 96.0 cm³/mol. The topological polar surface area (TPSA) is 0 Å². The molecule has 1 rings (SSSR count). The summed E-state index contributed by atoms with van der Waals surface area (Å²) in [6, 6.07) is 0. The lowest BCUT2D eigenvalue weighted by Gasteiger charge is -1.79. The molecule has 0 nitrogen and oxygen atoms in total. The van der Waals surface area contributed by atoms with E-state index in [0.717, 1.165) is 6.42 Å². The van der Waals surface area contributed by atoms with E-state index in [1.807, 2.05) is 97.2 Å². The zero-order valence-corrected chi connectivity index (χ0v) is 12.3. The summed E-state index contributed by atoms with van der Waals surface area (Å²) >= 11 is 0. The molecule has 0 aromatic carbocycles. The summed E-state index contributed by atoms with van der Waals surface area (Å²) in [5.74, 6) is 0. The molecule has 1 aliphatic rings. The van der Waals surface area contributed by atoms with E-state index >= 15 is 0 Å². The molecular weight excluding hydrogens is 252 g/mol. The summed E-state index contributed by atoms with van der Waals surface area (Å²) in [6.45, 7) is 0. The first-order valence-corrected chi connectivity index (χ1v) is 7.15. The molecule has 106 valence electrons. The Bertz CT molecular complexity index is 489. The van der Waals surface area contributed by atoms with Gasteiger partial charge < -0.3 is 0 Å². The van der Waals surface area contributed by atoms with Crippen LogP contribution in [0.5, 0.6) is 0 Å². The third-order valence-corrected chi connectivity index (χ3v) is 2.43. The van der Waals surface area contributed by atoms with Gasteiger partial charge in [0.15, 0.2) is 0 Å². The van der Waals surface area contributed by atoms with Gasteiger partial charge in [-0.25, -0.2) is 0 Å². The molecule has 0 N–H and O–H groups in total. The van der Waals surface area contributed by atoms with E-state index in [-0.39, 0.29) is 0 Å². The zero-order chi connectivity index (χ0) is 14.8. The van der Waals surface area contributed by atoms with Crippen LogP contribution >= 0.6 is 0 Å². The summed E-state index contributed by atoms with van der Waals surface area (Å²) in [5.41, 5.74) is 0. The Morgan fingerprint density at radius 2 is 0.429 bits per heavy atom. The second-order valence-electron chi connectivity index (χ2n) is 4.17. The van der Waals surface area contributed by atoms with Gasteiger partial charge in [-0.1, -0.05) is 122 Å². The van der Waals surface area contributed by atoms with E-state index in [2.05, 4.69) is 24.3 Å². The molecule has 0 heteroatoms. The number of allylic oxidation sites excluding steroid dienone is 20. The van der Waals surface area contributed by atoms with Crippen molar-refractivity contribution in [2.24, 2.45) is 0 Å². The fraction of sp³-hybridized carbons (Fsp3) is 0.0476. The van der Waals surface area contributed by atoms with Crippen molar-refractivity contribution in [3.8, 4) is 0 Å². The molecule has 0 saturated carbocycles. The maximum absolute atomic E-state index is 2.12. The van der Waals surface area contributed by atoms with Crippen LogP contribution < -0.4 is 0 Å². The lowest BCUT2D eigenvalue weighted by Crippen LogP contribution is -1.58. The summed E-state index contributed by atoms with van der Waals surface area (Å²) < 4.78 is 0. The first-order chi connectivity index (χ1) is 10.5. The van der Waals surface area contributed by atoms with E-state index in [1.54, 1.807) is 0 Å². The van der Waals surface area contributed by atoms with Gasteiger partial charge in [0, 0.05) is 0 Å². The quantitative estimate of drug-likeness (QED) is 0.512. The third-order valence-electron chi connectivity index (χ3n) is 2.43. The summed E-state index contributed by atoms with van der Waals surface area (Å²) in [5, 5.41) is 0. The molecule has 0 bridgehead atoms.